The van der Waals surface area contributed by atoms with E-state index < -0.39 is 17.5 Å². The van der Waals surface area contributed by atoms with Crippen molar-refractivity contribution in [1.29, 1.82) is 0 Å². The number of fused-ring (bicyclic) bond motifs is 1. The van der Waals surface area contributed by atoms with Crippen LogP contribution in [-0.2, 0) is 4.79 Å². The molecule has 0 saturated carbocycles. The van der Waals surface area contributed by atoms with E-state index >= 15 is 0 Å². The molecule has 1 aromatic rings. The lowest BCUT2D eigenvalue weighted by Gasteiger charge is -2.34. The zero-order valence-electron chi connectivity index (χ0n) is 18.5. The van der Waals surface area contributed by atoms with Gasteiger partial charge in [0.15, 0.2) is 0 Å². The fraction of sp³-hybridized carbons (Fsp3) is 0.391. The van der Waals surface area contributed by atoms with E-state index in [1.165, 1.54) is 50.9 Å². The van der Waals surface area contributed by atoms with Gasteiger partial charge in [-0.2, -0.15) is 5.10 Å². The number of nitrogens with zero attached hydrogens (tertiary/aromatic N) is 2. The van der Waals surface area contributed by atoms with Crippen molar-refractivity contribution in [3.8, 4) is 0 Å². The molecular formula is C23H29F3N4OS. The first-order valence-electron chi connectivity index (χ1n) is 10.2. The van der Waals surface area contributed by atoms with Crippen LogP contribution in [0.4, 0.5) is 18.9 Å². The normalized spacial score (nSPS) is 19.6. The summed E-state index contributed by atoms with van der Waals surface area (Å²) in [5, 5.41) is 8.40. The maximum absolute atomic E-state index is 14.6. The number of hydrogen-bond donors (Lipinski definition) is 2. The molecule has 9 heteroatoms. The Balaban J connectivity index is 2.60. The third-order valence-corrected chi connectivity index (χ3v) is 6.44. The molecule has 1 amide bonds. The molecule has 2 atom stereocenters. The van der Waals surface area contributed by atoms with Crippen LogP contribution in [0.25, 0.3) is 0 Å². The van der Waals surface area contributed by atoms with E-state index in [0.717, 1.165) is 16.8 Å². The number of hydrogen-bond acceptors (Lipinski definition) is 5. The predicted octanol–water partition coefficient (Wildman–Crippen LogP) is 5.46. The summed E-state index contributed by atoms with van der Waals surface area (Å²) in [5.41, 5.74) is 7.16. The zero-order valence-corrected chi connectivity index (χ0v) is 19.3. The zero-order chi connectivity index (χ0) is 23.8. The molecule has 32 heavy (non-hydrogen) atoms. The van der Waals surface area contributed by atoms with Crippen LogP contribution < -0.4 is 11.1 Å². The topological polar surface area (TPSA) is 70.7 Å². The Kier molecular flexibility index (Phi) is 9.59. The van der Waals surface area contributed by atoms with E-state index in [0.29, 0.717) is 25.1 Å². The number of thioether (sulfide) groups is 1. The lowest BCUT2D eigenvalue weighted by atomic mass is 9.91. The number of carbonyl (C=O) groups excluding carboxylic acids is 1. The molecule has 0 spiro atoms. The molecule has 3 N–H and O–H groups in total. The molecule has 0 aliphatic carbocycles. The van der Waals surface area contributed by atoms with Gasteiger partial charge in [-0.05, 0) is 55.6 Å². The molecule has 1 heterocycles. The van der Waals surface area contributed by atoms with Gasteiger partial charge in [0.25, 0.3) is 0 Å². The molecule has 0 aromatic heterocycles. The molecule has 1 aromatic carbocycles. The first-order valence-corrected chi connectivity index (χ1v) is 11.1. The van der Waals surface area contributed by atoms with E-state index in [2.05, 4.69) is 17.0 Å². The molecule has 0 radical (unpaired) electrons. The smallest absolute Gasteiger partial charge is 0.239 e. The second-order valence-corrected chi connectivity index (χ2v) is 8.60. The Morgan fingerprint density at radius 3 is 2.72 bits per heavy atom. The molecule has 174 valence electrons. The molecule has 0 unspecified atom stereocenters. The molecule has 0 bridgehead atoms. The van der Waals surface area contributed by atoms with Gasteiger partial charge < -0.3 is 11.1 Å². The van der Waals surface area contributed by atoms with Gasteiger partial charge in [-0.25, -0.2) is 18.2 Å². The molecular weight excluding hydrogens is 437 g/mol. The van der Waals surface area contributed by atoms with Crippen molar-refractivity contribution >= 4 is 28.4 Å². The fourth-order valence-electron chi connectivity index (χ4n) is 3.29. The number of rotatable bonds is 8. The molecule has 0 saturated heterocycles. The average molecular weight is 467 g/mol. The van der Waals surface area contributed by atoms with Gasteiger partial charge in [0, 0.05) is 43.4 Å². The van der Waals surface area contributed by atoms with Crippen molar-refractivity contribution < 1.29 is 18.0 Å². The van der Waals surface area contributed by atoms with Crippen LogP contribution in [0.3, 0.4) is 0 Å². The molecule has 1 aliphatic heterocycles. The Hall–Kier alpha value is -2.52. The quantitative estimate of drug-likeness (QED) is 0.176. The van der Waals surface area contributed by atoms with Gasteiger partial charge in [-0.1, -0.05) is 17.8 Å². The number of amides is 1. The van der Waals surface area contributed by atoms with Gasteiger partial charge in [0.05, 0.1) is 0 Å². The highest BCUT2D eigenvalue weighted by atomic mass is 32.2. The van der Waals surface area contributed by atoms with E-state index in [9.17, 15) is 18.0 Å². The van der Waals surface area contributed by atoms with Crippen molar-refractivity contribution in [2.45, 2.75) is 31.9 Å². The highest BCUT2D eigenvalue weighted by Gasteiger charge is 2.32. The van der Waals surface area contributed by atoms with Crippen molar-refractivity contribution in [2.24, 2.45) is 16.8 Å². The van der Waals surface area contributed by atoms with Crippen LogP contribution in [0.2, 0.25) is 0 Å². The molecule has 5 nitrogen and oxygen atoms in total. The van der Waals surface area contributed by atoms with Crippen molar-refractivity contribution in [1.82, 2.24) is 5.01 Å². The summed E-state index contributed by atoms with van der Waals surface area (Å²) in [7, 11) is 1.44. The minimum absolute atomic E-state index is 0.0182. The summed E-state index contributed by atoms with van der Waals surface area (Å²) in [5.74, 6) is -2.05. The first-order chi connectivity index (χ1) is 15.2. The van der Waals surface area contributed by atoms with Gasteiger partial charge in [0.1, 0.15) is 22.5 Å². The van der Waals surface area contributed by atoms with E-state index in [1.54, 1.807) is 6.07 Å². The molecule has 2 rings (SSSR count). The first kappa shape index (κ1) is 25.7. The Bertz CT molecular complexity index is 941. The highest BCUT2D eigenvalue weighted by Crippen LogP contribution is 2.46. The Morgan fingerprint density at radius 2 is 2.12 bits per heavy atom. The van der Waals surface area contributed by atoms with Gasteiger partial charge in [0.2, 0.25) is 5.91 Å². The third-order valence-electron chi connectivity index (χ3n) is 5.02. The summed E-state index contributed by atoms with van der Waals surface area (Å²) in [6.07, 6.45) is 2.98. The van der Waals surface area contributed by atoms with Crippen LogP contribution in [0.15, 0.2) is 59.3 Å². The molecule has 0 fully saturated rings. The number of benzene rings is 1. The number of nitrogens with two attached hydrogens (primary N) is 1. The number of allylic oxidation sites excluding steroid dienone is 4. The third kappa shape index (κ3) is 6.74. The number of hydrazone groups is 1. The minimum Gasteiger partial charge on any atom is -0.384 e. The fourth-order valence-corrected chi connectivity index (χ4v) is 4.77. The number of nitrogens with one attached hydrogen (secondary N) is 1. The number of halogens is 3. The van der Waals surface area contributed by atoms with Gasteiger partial charge in [-0.3, -0.25) is 4.79 Å². The van der Waals surface area contributed by atoms with Crippen LogP contribution >= 0.6 is 11.8 Å². The van der Waals surface area contributed by atoms with Crippen LogP contribution in [-0.4, -0.2) is 36.1 Å². The number of carbonyl (C=O) groups is 1. The summed E-state index contributed by atoms with van der Waals surface area (Å²) in [4.78, 5) is 11.8. The predicted molar refractivity (Wildman–Crippen MR) is 126 cm³/mol. The van der Waals surface area contributed by atoms with Crippen molar-refractivity contribution in [3.05, 3.63) is 65.5 Å². The summed E-state index contributed by atoms with van der Waals surface area (Å²) in [6, 6.07) is 4.44. The SMILES string of the molecule is C=CC\C(F)=C/C(C(=N/N(C)C(C)=O)/S[C@H]1c2cc(F)ccc2NC[C@@H]1CCN)=C(\C)F. The Labute approximate surface area is 191 Å². The van der Waals surface area contributed by atoms with Gasteiger partial charge >= 0.3 is 0 Å². The largest absolute Gasteiger partial charge is 0.384 e. The van der Waals surface area contributed by atoms with Crippen molar-refractivity contribution in [2.75, 3.05) is 25.5 Å². The monoisotopic (exact) mass is 466 g/mol. The maximum Gasteiger partial charge on any atom is 0.239 e. The summed E-state index contributed by atoms with van der Waals surface area (Å²) < 4.78 is 43.0. The standard InChI is InChI=1S/C23H29F3N4OS/c1-5-6-17(25)11-19(14(2)24)23(29-30(4)15(3)31)32-22-16(9-10-27)13-28-21-8-7-18(26)12-20(21)22/h5,7-8,11-12,16,22,28H,1,6,9-10,13,27H2,2-4H3/b17-11+,19-14-,29-23-/t16-,22+/m0/s1. The van der Waals surface area contributed by atoms with E-state index in [1.807, 2.05) is 0 Å². The highest BCUT2D eigenvalue weighted by molar-refractivity contribution is 8.14. The second-order valence-electron chi connectivity index (χ2n) is 7.47. The summed E-state index contributed by atoms with van der Waals surface area (Å²) in [6.45, 7) is 7.00. The summed E-state index contributed by atoms with van der Waals surface area (Å²) >= 11 is 1.17. The lowest BCUT2D eigenvalue weighted by Crippen LogP contribution is -2.29. The Morgan fingerprint density at radius 1 is 1.41 bits per heavy atom. The number of anilines is 1. The van der Waals surface area contributed by atoms with E-state index in [-0.39, 0.29) is 34.1 Å². The minimum atomic E-state index is -0.656. The molecule has 1 aliphatic rings. The van der Waals surface area contributed by atoms with Crippen LogP contribution in [0.5, 0.6) is 0 Å². The van der Waals surface area contributed by atoms with Crippen LogP contribution in [0.1, 0.15) is 37.5 Å². The maximum atomic E-state index is 14.6. The van der Waals surface area contributed by atoms with E-state index in [4.69, 9.17) is 5.73 Å². The van der Waals surface area contributed by atoms with Gasteiger partial charge in [-0.15, -0.1) is 6.58 Å². The second kappa shape index (κ2) is 11.9. The van der Waals surface area contributed by atoms with Crippen LogP contribution in [0, 0.1) is 11.7 Å². The lowest BCUT2D eigenvalue weighted by molar-refractivity contribution is -0.127. The average Bonchev–Trinajstić information content (AvgIpc) is 2.73. The van der Waals surface area contributed by atoms with Crippen molar-refractivity contribution in [3.63, 3.8) is 0 Å².